The average molecular weight is 194 g/mol. The lowest BCUT2D eigenvalue weighted by Crippen LogP contribution is -2.48. The zero-order valence-electron chi connectivity index (χ0n) is 8.46. The van der Waals surface area contributed by atoms with Gasteiger partial charge in [-0.2, -0.15) is 0 Å². The Hall–Kier alpha value is -0.570. The van der Waals surface area contributed by atoms with Gasteiger partial charge in [0, 0.05) is 24.0 Å². The molecule has 2 saturated heterocycles. The molecular formula is C11H18N2O. The van der Waals surface area contributed by atoms with Gasteiger partial charge in [-0.1, -0.05) is 0 Å². The third-order valence-electron chi connectivity index (χ3n) is 3.77. The number of hydrogen-bond donors (Lipinski definition) is 2. The Labute approximate surface area is 84.6 Å². The van der Waals surface area contributed by atoms with E-state index in [0.717, 1.165) is 25.7 Å². The van der Waals surface area contributed by atoms with Gasteiger partial charge in [0.25, 0.3) is 0 Å². The number of piperidine rings is 1. The van der Waals surface area contributed by atoms with Crippen molar-refractivity contribution in [3.8, 4) is 0 Å². The van der Waals surface area contributed by atoms with Crippen LogP contribution in [0.4, 0.5) is 0 Å². The van der Waals surface area contributed by atoms with Crippen molar-refractivity contribution in [2.24, 2.45) is 5.92 Å². The van der Waals surface area contributed by atoms with E-state index in [1.807, 2.05) is 0 Å². The molecule has 3 fully saturated rings. The predicted octanol–water partition coefficient (Wildman–Crippen LogP) is 0.796. The Morgan fingerprint density at radius 1 is 1.07 bits per heavy atom. The molecule has 2 aliphatic heterocycles. The molecular weight excluding hydrogens is 176 g/mol. The van der Waals surface area contributed by atoms with E-state index in [0.29, 0.717) is 30.0 Å². The summed E-state index contributed by atoms with van der Waals surface area (Å²) in [5, 5.41) is 6.79. The molecule has 2 heterocycles. The van der Waals surface area contributed by atoms with E-state index in [1.165, 1.54) is 12.8 Å². The van der Waals surface area contributed by atoms with E-state index in [1.54, 1.807) is 0 Å². The summed E-state index contributed by atoms with van der Waals surface area (Å²) in [6.07, 6.45) is 7.14. The lowest BCUT2D eigenvalue weighted by atomic mass is 10.00. The van der Waals surface area contributed by atoms with E-state index in [-0.39, 0.29) is 0 Å². The molecule has 3 rings (SSSR count). The minimum Gasteiger partial charge on any atom is -0.353 e. The van der Waals surface area contributed by atoms with E-state index in [9.17, 15) is 4.79 Å². The third-order valence-corrected chi connectivity index (χ3v) is 3.77. The van der Waals surface area contributed by atoms with Crippen molar-refractivity contribution in [2.45, 2.75) is 56.7 Å². The number of carbonyl (C=O) groups excluding carboxylic acids is 1. The molecule has 0 aromatic rings. The molecule has 78 valence electrons. The van der Waals surface area contributed by atoms with Crippen molar-refractivity contribution >= 4 is 5.91 Å². The molecule has 1 saturated carbocycles. The van der Waals surface area contributed by atoms with Crippen LogP contribution in [-0.4, -0.2) is 24.0 Å². The minimum absolute atomic E-state index is 0.316. The maximum absolute atomic E-state index is 11.6. The fourth-order valence-corrected chi connectivity index (χ4v) is 2.84. The van der Waals surface area contributed by atoms with Crippen LogP contribution < -0.4 is 10.6 Å². The van der Waals surface area contributed by atoms with Crippen LogP contribution in [0.3, 0.4) is 0 Å². The SMILES string of the molecule is O=C(NC1C[C@H]2CC[C@@H](C1)N2)C1CC1. The van der Waals surface area contributed by atoms with E-state index < -0.39 is 0 Å². The smallest absolute Gasteiger partial charge is 0.223 e. The van der Waals surface area contributed by atoms with Gasteiger partial charge in [-0.15, -0.1) is 0 Å². The first-order chi connectivity index (χ1) is 6.81. The predicted molar refractivity (Wildman–Crippen MR) is 53.8 cm³/mol. The van der Waals surface area contributed by atoms with E-state index >= 15 is 0 Å². The molecule has 0 aromatic carbocycles. The Morgan fingerprint density at radius 3 is 2.29 bits per heavy atom. The summed E-state index contributed by atoms with van der Waals surface area (Å²) >= 11 is 0. The molecule has 2 N–H and O–H groups in total. The number of hydrogen-bond acceptors (Lipinski definition) is 2. The topological polar surface area (TPSA) is 41.1 Å². The van der Waals surface area contributed by atoms with Crippen molar-refractivity contribution in [1.29, 1.82) is 0 Å². The Bertz CT molecular complexity index is 238. The van der Waals surface area contributed by atoms with Crippen LogP contribution in [0.1, 0.15) is 38.5 Å². The van der Waals surface area contributed by atoms with Gasteiger partial charge < -0.3 is 10.6 Å². The van der Waals surface area contributed by atoms with Crippen molar-refractivity contribution in [3.05, 3.63) is 0 Å². The van der Waals surface area contributed by atoms with E-state index in [4.69, 9.17) is 0 Å². The monoisotopic (exact) mass is 194 g/mol. The second-order valence-corrected chi connectivity index (χ2v) is 5.09. The number of amides is 1. The largest absolute Gasteiger partial charge is 0.353 e. The van der Waals surface area contributed by atoms with Gasteiger partial charge in [0.2, 0.25) is 5.91 Å². The van der Waals surface area contributed by atoms with Gasteiger partial charge in [0.05, 0.1) is 0 Å². The summed E-state index contributed by atoms with van der Waals surface area (Å²) in [5.41, 5.74) is 0. The Balaban J connectivity index is 1.55. The molecule has 3 atom stereocenters. The first-order valence-electron chi connectivity index (χ1n) is 5.87. The van der Waals surface area contributed by atoms with Crippen LogP contribution in [0, 0.1) is 5.92 Å². The first-order valence-corrected chi connectivity index (χ1v) is 5.87. The molecule has 1 aliphatic carbocycles. The molecule has 3 aliphatic rings. The summed E-state index contributed by atoms with van der Waals surface area (Å²) in [5.74, 6) is 0.679. The van der Waals surface area contributed by atoms with Gasteiger partial charge in [0.1, 0.15) is 0 Å². The highest BCUT2D eigenvalue weighted by Gasteiger charge is 2.36. The van der Waals surface area contributed by atoms with Gasteiger partial charge in [0.15, 0.2) is 0 Å². The highest BCUT2D eigenvalue weighted by Crippen LogP contribution is 2.31. The van der Waals surface area contributed by atoms with Gasteiger partial charge in [-0.3, -0.25) is 4.79 Å². The lowest BCUT2D eigenvalue weighted by molar-refractivity contribution is -0.123. The lowest BCUT2D eigenvalue weighted by Gasteiger charge is -2.29. The highest BCUT2D eigenvalue weighted by molar-refractivity contribution is 5.81. The second kappa shape index (κ2) is 3.23. The van der Waals surface area contributed by atoms with E-state index in [2.05, 4.69) is 10.6 Å². The van der Waals surface area contributed by atoms with Crippen molar-refractivity contribution in [1.82, 2.24) is 10.6 Å². The van der Waals surface area contributed by atoms with Crippen molar-refractivity contribution in [3.63, 3.8) is 0 Å². The summed E-state index contributed by atoms with van der Waals surface area (Å²) in [4.78, 5) is 11.6. The minimum atomic E-state index is 0.316. The number of fused-ring (bicyclic) bond motifs is 2. The maximum atomic E-state index is 11.6. The standard InChI is InChI=1S/C11H18N2O/c14-11(7-1-2-7)13-10-5-8-3-4-9(6-10)12-8/h7-10,12H,1-6H2,(H,13,14)/t8-,9+,10?. The Morgan fingerprint density at radius 2 is 1.71 bits per heavy atom. The molecule has 3 nitrogen and oxygen atoms in total. The number of nitrogens with one attached hydrogen (secondary N) is 2. The highest BCUT2D eigenvalue weighted by atomic mass is 16.2. The summed E-state index contributed by atoms with van der Waals surface area (Å²) in [6.45, 7) is 0. The molecule has 1 amide bonds. The molecule has 0 spiro atoms. The number of rotatable bonds is 2. The molecule has 1 unspecified atom stereocenters. The van der Waals surface area contributed by atoms with Gasteiger partial charge in [-0.05, 0) is 38.5 Å². The van der Waals surface area contributed by atoms with Crippen LogP contribution in [0.25, 0.3) is 0 Å². The zero-order valence-corrected chi connectivity index (χ0v) is 8.46. The average Bonchev–Trinajstić information content (AvgIpc) is 2.94. The molecule has 0 aromatic heterocycles. The maximum Gasteiger partial charge on any atom is 0.223 e. The van der Waals surface area contributed by atoms with Crippen molar-refractivity contribution in [2.75, 3.05) is 0 Å². The molecule has 2 bridgehead atoms. The van der Waals surface area contributed by atoms with Crippen LogP contribution >= 0.6 is 0 Å². The zero-order chi connectivity index (χ0) is 9.54. The quantitative estimate of drug-likeness (QED) is 0.682. The van der Waals surface area contributed by atoms with Crippen LogP contribution in [0.15, 0.2) is 0 Å². The van der Waals surface area contributed by atoms with Gasteiger partial charge >= 0.3 is 0 Å². The van der Waals surface area contributed by atoms with Crippen LogP contribution in [0.2, 0.25) is 0 Å². The second-order valence-electron chi connectivity index (χ2n) is 5.09. The molecule has 3 heteroatoms. The van der Waals surface area contributed by atoms with Crippen molar-refractivity contribution < 1.29 is 4.79 Å². The summed E-state index contributed by atoms with van der Waals surface area (Å²) < 4.78 is 0. The summed E-state index contributed by atoms with van der Waals surface area (Å²) in [6, 6.07) is 1.82. The van der Waals surface area contributed by atoms with Gasteiger partial charge in [-0.25, -0.2) is 0 Å². The molecule has 0 radical (unpaired) electrons. The first kappa shape index (κ1) is 8.72. The van der Waals surface area contributed by atoms with Crippen LogP contribution in [-0.2, 0) is 4.79 Å². The molecule has 14 heavy (non-hydrogen) atoms. The summed E-state index contributed by atoms with van der Waals surface area (Å²) in [7, 11) is 0. The van der Waals surface area contributed by atoms with Crippen LogP contribution in [0.5, 0.6) is 0 Å². The fraction of sp³-hybridized carbons (Fsp3) is 0.909. The Kier molecular flexibility index (Phi) is 2.01. The third kappa shape index (κ3) is 1.65. The number of carbonyl (C=O) groups is 1. The normalized spacial score (nSPS) is 41.0. The fourth-order valence-electron chi connectivity index (χ4n) is 2.84.